The van der Waals surface area contributed by atoms with Crippen LogP contribution in [0.3, 0.4) is 0 Å². The van der Waals surface area contributed by atoms with Crippen LogP contribution in [0.5, 0.6) is 0 Å². The zero-order valence-corrected chi connectivity index (χ0v) is 14.3. The standard InChI is InChI=1S/C18H19ClN2O3/c1-12-6-5-7-13(10-12)21-18(23)17(22)20-11-16(24-2)14-8-3-4-9-15(14)19/h3-10,16H,11H2,1-2H3,(H,20,22)(H,21,23). The highest BCUT2D eigenvalue weighted by Gasteiger charge is 2.18. The second kappa shape index (κ2) is 8.47. The van der Waals surface area contributed by atoms with Gasteiger partial charge in [-0.2, -0.15) is 0 Å². The lowest BCUT2D eigenvalue weighted by Gasteiger charge is -2.17. The van der Waals surface area contributed by atoms with E-state index in [9.17, 15) is 9.59 Å². The van der Waals surface area contributed by atoms with Crippen molar-refractivity contribution in [3.05, 3.63) is 64.7 Å². The third kappa shape index (κ3) is 4.81. The Hall–Kier alpha value is -2.37. The van der Waals surface area contributed by atoms with Crippen LogP contribution in [0.1, 0.15) is 17.2 Å². The number of amides is 2. The summed E-state index contributed by atoms with van der Waals surface area (Å²) in [6, 6.07) is 14.4. The highest BCUT2D eigenvalue weighted by Crippen LogP contribution is 2.24. The van der Waals surface area contributed by atoms with Gasteiger partial charge in [0.25, 0.3) is 0 Å². The highest BCUT2D eigenvalue weighted by atomic mass is 35.5. The number of carbonyl (C=O) groups excluding carboxylic acids is 2. The van der Waals surface area contributed by atoms with E-state index in [0.717, 1.165) is 11.1 Å². The second-order valence-electron chi connectivity index (χ2n) is 5.28. The number of methoxy groups -OCH3 is 1. The van der Waals surface area contributed by atoms with Gasteiger partial charge in [-0.15, -0.1) is 0 Å². The number of aryl methyl sites for hydroxylation is 1. The molecule has 1 atom stereocenters. The maximum absolute atomic E-state index is 12.0. The Labute approximate surface area is 146 Å². The number of hydrogen-bond donors (Lipinski definition) is 2. The minimum absolute atomic E-state index is 0.139. The molecular weight excluding hydrogens is 328 g/mol. The first-order valence-corrected chi connectivity index (χ1v) is 7.82. The molecule has 0 saturated heterocycles. The lowest BCUT2D eigenvalue weighted by molar-refractivity contribution is -0.136. The van der Waals surface area contributed by atoms with Gasteiger partial charge in [0.05, 0.1) is 0 Å². The van der Waals surface area contributed by atoms with Crippen LogP contribution in [-0.2, 0) is 14.3 Å². The lowest BCUT2D eigenvalue weighted by atomic mass is 10.1. The average molecular weight is 347 g/mol. The zero-order valence-electron chi connectivity index (χ0n) is 13.5. The van der Waals surface area contributed by atoms with Gasteiger partial charge in [0, 0.05) is 29.9 Å². The fourth-order valence-corrected chi connectivity index (χ4v) is 2.49. The smallest absolute Gasteiger partial charge is 0.313 e. The van der Waals surface area contributed by atoms with Gasteiger partial charge < -0.3 is 15.4 Å². The van der Waals surface area contributed by atoms with E-state index in [1.54, 1.807) is 24.3 Å². The van der Waals surface area contributed by atoms with Crippen molar-refractivity contribution in [1.29, 1.82) is 0 Å². The SMILES string of the molecule is COC(CNC(=O)C(=O)Nc1cccc(C)c1)c1ccccc1Cl. The van der Waals surface area contributed by atoms with E-state index in [1.165, 1.54) is 7.11 Å². The van der Waals surface area contributed by atoms with Crippen LogP contribution in [0.4, 0.5) is 5.69 Å². The minimum Gasteiger partial charge on any atom is -0.375 e. The van der Waals surface area contributed by atoms with Crippen LogP contribution in [0.2, 0.25) is 5.02 Å². The van der Waals surface area contributed by atoms with E-state index in [4.69, 9.17) is 16.3 Å². The van der Waals surface area contributed by atoms with Gasteiger partial charge in [0.15, 0.2) is 0 Å². The zero-order chi connectivity index (χ0) is 17.5. The van der Waals surface area contributed by atoms with Crippen LogP contribution in [0.15, 0.2) is 48.5 Å². The molecule has 126 valence electrons. The van der Waals surface area contributed by atoms with Crippen molar-refractivity contribution >= 4 is 29.1 Å². The number of ether oxygens (including phenoxy) is 1. The summed E-state index contributed by atoms with van der Waals surface area (Å²) >= 11 is 6.13. The molecule has 0 aliphatic rings. The van der Waals surface area contributed by atoms with Crippen molar-refractivity contribution in [3.8, 4) is 0 Å². The van der Waals surface area contributed by atoms with Gasteiger partial charge in [-0.05, 0) is 30.7 Å². The van der Waals surface area contributed by atoms with Gasteiger partial charge in [0.1, 0.15) is 6.10 Å². The number of benzene rings is 2. The van der Waals surface area contributed by atoms with Crippen molar-refractivity contribution in [1.82, 2.24) is 5.32 Å². The summed E-state index contributed by atoms with van der Waals surface area (Å²) in [5, 5.41) is 5.66. The van der Waals surface area contributed by atoms with Crippen molar-refractivity contribution in [2.24, 2.45) is 0 Å². The van der Waals surface area contributed by atoms with Crippen LogP contribution in [0.25, 0.3) is 0 Å². The van der Waals surface area contributed by atoms with Gasteiger partial charge >= 0.3 is 11.8 Å². The molecule has 24 heavy (non-hydrogen) atoms. The van der Waals surface area contributed by atoms with E-state index in [1.807, 2.05) is 31.2 Å². The Bertz CT molecular complexity index is 734. The molecular formula is C18H19ClN2O3. The fourth-order valence-electron chi connectivity index (χ4n) is 2.23. The van der Waals surface area contributed by atoms with E-state index in [-0.39, 0.29) is 6.54 Å². The summed E-state index contributed by atoms with van der Waals surface area (Å²) in [5.41, 5.74) is 2.32. The normalized spacial score (nSPS) is 11.6. The Kier molecular flexibility index (Phi) is 6.35. The van der Waals surface area contributed by atoms with Crippen molar-refractivity contribution in [2.75, 3.05) is 19.0 Å². The molecule has 6 heteroatoms. The quantitative estimate of drug-likeness (QED) is 0.817. The predicted octanol–water partition coefficient (Wildman–Crippen LogP) is 3.09. The highest BCUT2D eigenvalue weighted by molar-refractivity contribution is 6.39. The van der Waals surface area contributed by atoms with E-state index < -0.39 is 17.9 Å². The molecule has 2 N–H and O–H groups in total. The number of anilines is 1. The molecule has 0 aliphatic heterocycles. The summed E-state index contributed by atoms with van der Waals surface area (Å²) in [4.78, 5) is 23.9. The molecule has 0 radical (unpaired) electrons. The summed E-state index contributed by atoms with van der Waals surface area (Å²) in [6.07, 6.45) is -0.436. The molecule has 0 bridgehead atoms. The van der Waals surface area contributed by atoms with Crippen molar-refractivity contribution in [2.45, 2.75) is 13.0 Å². The first kappa shape index (κ1) is 18.0. The third-order valence-electron chi connectivity index (χ3n) is 3.47. The monoisotopic (exact) mass is 346 g/mol. The Morgan fingerprint density at radius 3 is 2.54 bits per heavy atom. The predicted molar refractivity (Wildman–Crippen MR) is 94.0 cm³/mol. The largest absolute Gasteiger partial charge is 0.375 e. The Balaban J connectivity index is 1.94. The summed E-state index contributed by atoms with van der Waals surface area (Å²) in [6.45, 7) is 2.04. The molecule has 5 nitrogen and oxygen atoms in total. The van der Waals surface area contributed by atoms with Crippen molar-refractivity contribution < 1.29 is 14.3 Å². The van der Waals surface area contributed by atoms with Gasteiger partial charge in [-0.1, -0.05) is 41.9 Å². The lowest BCUT2D eigenvalue weighted by Crippen LogP contribution is -2.38. The fraction of sp³-hybridized carbons (Fsp3) is 0.222. The van der Waals surface area contributed by atoms with Gasteiger partial charge in [-0.3, -0.25) is 9.59 Å². The molecule has 2 amide bonds. The van der Waals surface area contributed by atoms with Crippen LogP contribution in [-0.4, -0.2) is 25.5 Å². The molecule has 0 aliphatic carbocycles. The van der Waals surface area contributed by atoms with Crippen molar-refractivity contribution in [3.63, 3.8) is 0 Å². The maximum Gasteiger partial charge on any atom is 0.313 e. The number of halogens is 1. The summed E-state index contributed by atoms with van der Waals surface area (Å²) in [7, 11) is 1.52. The molecule has 0 fully saturated rings. The summed E-state index contributed by atoms with van der Waals surface area (Å²) in [5.74, 6) is -1.46. The summed E-state index contributed by atoms with van der Waals surface area (Å²) < 4.78 is 5.35. The first-order valence-electron chi connectivity index (χ1n) is 7.44. The number of hydrogen-bond acceptors (Lipinski definition) is 3. The molecule has 2 rings (SSSR count). The van der Waals surface area contributed by atoms with E-state index >= 15 is 0 Å². The maximum atomic E-state index is 12.0. The van der Waals surface area contributed by atoms with Crippen LogP contribution < -0.4 is 10.6 Å². The molecule has 2 aromatic carbocycles. The topological polar surface area (TPSA) is 67.4 Å². The molecule has 0 spiro atoms. The minimum atomic E-state index is -0.731. The molecule has 0 heterocycles. The number of rotatable bonds is 5. The number of carbonyl (C=O) groups is 2. The first-order chi connectivity index (χ1) is 11.5. The molecule has 0 saturated carbocycles. The molecule has 0 aromatic heterocycles. The third-order valence-corrected chi connectivity index (χ3v) is 3.81. The van der Waals surface area contributed by atoms with Gasteiger partial charge in [-0.25, -0.2) is 0 Å². The Morgan fingerprint density at radius 1 is 1.12 bits per heavy atom. The van der Waals surface area contributed by atoms with E-state index in [2.05, 4.69) is 10.6 Å². The number of nitrogens with one attached hydrogen (secondary N) is 2. The molecule has 1 unspecified atom stereocenters. The average Bonchev–Trinajstić information content (AvgIpc) is 2.56. The van der Waals surface area contributed by atoms with Crippen LogP contribution in [0, 0.1) is 6.92 Å². The second-order valence-corrected chi connectivity index (χ2v) is 5.69. The molecule has 2 aromatic rings. The van der Waals surface area contributed by atoms with Crippen LogP contribution >= 0.6 is 11.6 Å². The Morgan fingerprint density at radius 2 is 1.88 bits per heavy atom. The van der Waals surface area contributed by atoms with Gasteiger partial charge in [0.2, 0.25) is 0 Å². The van der Waals surface area contributed by atoms with E-state index in [0.29, 0.717) is 10.7 Å².